The number of carboxylic acid groups (broad SMARTS) is 1. The van der Waals surface area contributed by atoms with Gasteiger partial charge in [-0.3, -0.25) is 14.4 Å². The highest BCUT2D eigenvalue weighted by atomic mass is 16.5. The van der Waals surface area contributed by atoms with E-state index in [4.69, 9.17) is 4.74 Å². The van der Waals surface area contributed by atoms with Crippen molar-refractivity contribution in [2.45, 2.75) is 57.4 Å². The Bertz CT molecular complexity index is 957. The number of amides is 2. The van der Waals surface area contributed by atoms with E-state index >= 15 is 0 Å². The third-order valence-electron chi connectivity index (χ3n) is 7.28. The number of anilines is 1. The van der Waals surface area contributed by atoms with Gasteiger partial charge in [0.2, 0.25) is 5.91 Å². The second-order valence-electron chi connectivity index (χ2n) is 9.15. The molecule has 2 amide bonds. The first-order chi connectivity index (χ1) is 15.2. The summed E-state index contributed by atoms with van der Waals surface area (Å²) in [5, 5.41) is 19.7. The number of benzene rings is 1. The van der Waals surface area contributed by atoms with Crippen molar-refractivity contribution in [2.75, 3.05) is 18.1 Å². The van der Waals surface area contributed by atoms with Crippen molar-refractivity contribution in [3.05, 3.63) is 42.0 Å². The molecule has 6 atom stereocenters. The Kier molecular flexibility index (Phi) is 5.63. The van der Waals surface area contributed by atoms with Crippen LogP contribution in [0, 0.1) is 25.7 Å². The van der Waals surface area contributed by atoms with Gasteiger partial charge in [0.15, 0.2) is 0 Å². The van der Waals surface area contributed by atoms with Crippen molar-refractivity contribution in [2.24, 2.45) is 11.8 Å². The average molecular weight is 443 g/mol. The van der Waals surface area contributed by atoms with Crippen molar-refractivity contribution in [3.63, 3.8) is 0 Å². The molecule has 2 N–H and O–H groups in total. The lowest BCUT2D eigenvalue weighted by Gasteiger charge is -2.39. The molecule has 8 nitrogen and oxygen atoms in total. The summed E-state index contributed by atoms with van der Waals surface area (Å²) in [6, 6.07) is 4.07. The van der Waals surface area contributed by atoms with Gasteiger partial charge in [-0.1, -0.05) is 24.3 Å². The minimum absolute atomic E-state index is 0.225. The zero-order chi connectivity index (χ0) is 23.4. The molecule has 3 aliphatic heterocycles. The lowest BCUT2D eigenvalue weighted by Crippen LogP contribution is -2.58. The van der Waals surface area contributed by atoms with Crippen LogP contribution in [0.4, 0.5) is 5.69 Å². The molecule has 32 heavy (non-hydrogen) atoms. The molecule has 8 heteroatoms. The van der Waals surface area contributed by atoms with Crippen LogP contribution in [-0.2, 0) is 19.1 Å². The molecule has 172 valence electrons. The summed E-state index contributed by atoms with van der Waals surface area (Å²) in [6.45, 7) is 9.18. The number of hydrogen-bond donors (Lipinski definition) is 2. The van der Waals surface area contributed by atoms with Gasteiger partial charge < -0.3 is 24.7 Å². The molecule has 0 saturated carbocycles. The highest BCUT2D eigenvalue weighted by molar-refractivity contribution is 6.05. The maximum absolute atomic E-state index is 14.2. The highest BCUT2D eigenvalue weighted by Crippen LogP contribution is 2.59. The lowest BCUT2D eigenvalue weighted by atomic mass is 9.70. The van der Waals surface area contributed by atoms with E-state index in [1.165, 1.54) is 4.90 Å². The molecule has 3 saturated heterocycles. The Hall–Kier alpha value is -2.71. The Labute approximate surface area is 187 Å². The first-order valence-corrected chi connectivity index (χ1v) is 11.0. The van der Waals surface area contributed by atoms with Crippen LogP contribution >= 0.6 is 0 Å². The van der Waals surface area contributed by atoms with E-state index in [2.05, 4.69) is 6.58 Å². The summed E-state index contributed by atoms with van der Waals surface area (Å²) in [4.78, 5) is 42.7. The fourth-order valence-corrected chi connectivity index (χ4v) is 6.01. The molecule has 3 aliphatic rings. The van der Waals surface area contributed by atoms with Crippen LogP contribution in [-0.4, -0.2) is 69.8 Å². The first kappa shape index (κ1) is 22.5. The molecule has 1 aromatic rings. The minimum Gasteiger partial charge on any atom is -0.481 e. The van der Waals surface area contributed by atoms with Crippen LogP contribution in [0.15, 0.2) is 30.9 Å². The van der Waals surface area contributed by atoms with E-state index in [0.29, 0.717) is 12.8 Å². The number of aliphatic carboxylic acids is 1. The lowest BCUT2D eigenvalue weighted by molar-refractivity contribution is -0.150. The van der Waals surface area contributed by atoms with E-state index < -0.39 is 47.5 Å². The number of hydrogen-bond acceptors (Lipinski definition) is 5. The van der Waals surface area contributed by atoms with Crippen molar-refractivity contribution in [3.8, 4) is 0 Å². The number of likely N-dealkylation sites (tertiary alicyclic amines) is 1. The molecule has 3 fully saturated rings. The predicted octanol–water partition coefficient (Wildman–Crippen LogP) is 1.66. The van der Waals surface area contributed by atoms with Crippen molar-refractivity contribution in [1.29, 1.82) is 0 Å². The first-order valence-electron chi connectivity index (χ1n) is 11.0. The summed E-state index contributed by atoms with van der Waals surface area (Å²) >= 11 is 0. The number of aryl methyl sites for hydroxylation is 2. The van der Waals surface area contributed by atoms with Gasteiger partial charge in [0.05, 0.1) is 30.6 Å². The summed E-state index contributed by atoms with van der Waals surface area (Å²) in [5.41, 5.74) is 1.34. The summed E-state index contributed by atoms with van der Waals surface area (Å²) in [6.07, 6.45) is 1.95. The zero-order valence-corrected chi connectivity index (χ0v) is 18.7. The minimum atomic E-state index is -1.21. The number of aliphatic hydroxyl groups is 1. The zero-order valence-electron chi connectivity index (χ0n) is 18.7. The van der Waals surface area contributed by atoms with Crippen molar-refractivity contribution < 1.29 is 29.3 Å². The van der Waals surface area contributed by atoms with Gasteiger partial charge in [-0.15, -0.1) is 6.58 Å². The van der Waals surface area contributed by atoms with Crippen LogP contribution in [0.3, 0.4) is 0 Å². The van der Waals surface area contributed by atoms with Gasteiger partial charge in [-0.2, -0.15) is 0 Å². The van der Waals surface area contributed by atoms with Gasteiger partial charge in [-0.05, 0) is 44.7 Å². The molecule has 1 spiro atoms. The summed E-state index contributed by atoms with van der Waals surface area (Å²) in [5.74, 6) is -3.79. The topological polar surface area (TPSA) is 107 Å². The SMILES string of the molecule is C=CCN(C(=O)[C@H]1N([C@H](C)CO)C(=O)[C@@H]2[C@@H](C(=O)O)[C@H]3CC[C@]21O3)c1c(C)cccc1C. The number of carboxylic acids is 1. The average Bonchev–Trinajstić information content (AvgIpc) is 3.39. The van der Waals surface area contributed by atoms with Gasteiger partial charge in [0.25, 0.3) is 5.91 Å². The molecular formula is C24H30N2O6. The van der Waals surface area contributed by atoms with E-state index in [9.17, 15) is 24.6 Å². The Balaban J connectivity index is 1.85. The van der Waals surface area contributed by atoms with E-state index in [0.717, 1.165) is 16.8 Å². The third-order valence-corrected chi connectivity index (χ3v) is 7.28. The second kappa shape index (κ2) is 8.01. The smallest absolute Gasteiger partial charge is 0.310 e. The Morgan fingerprint density at radius 2 is 2.03 bits per heavy atom. The third kappa shape index (κ3) is 3.00. The van der Waals surface area contributed by atoms with Gasteiger partial charge in [0, 0.05) is 12.2 Å². The van der Waals surface area contributed by atoms with E-state index in [-0.39, 0.29) is 19.1 Å². The fourth-order valence-electron chi connectivity index (χ4n) is 6.01. The predicted molar refractivity (Wildman–Crippen MR) is 117 cm³/mol. The van der Waals surface area contributed by atoms with Crippen LogP contribution in [0.25, 0.3) is 0 Å². The quantitative estimate of drug-likeness (QED) is 0.622. The van der Waals surface area contributed by atoms with Crippen molar-refractivity contribution in [1.82, 2.24) is 4.90 Å². The number of ether oxygens (including phenoxy) is 1. The number of carbonyl (C=O) groups is 3. The summed E-state index contributed by atoms with van der Waals surface area (Å²) < 4.78 is 6.21. The Morgan fingerprint density at radius 1 is 1.38 bits per heavy atom. The fraction of sp³-hybridized carbons (Fsp3) is 0.542. The van der Waals surface area contributed by atoms with Crippen LogP contribution < -0.4 is 4.90 Å². The molecule has 0 unspecified atom stereocenters. The standard InChI is InChI=1S/C24H30N2O6/c1-5-11-25(19-13(2)7-6-8-14(19)3)22(29)20-24-10-9-16(32-24)17(23(30)31)18(24)21(28)26(20)15(4)12-27/h5-8,15-18,20,27H,1,9-12H2,2-4H3,(H,30,31)/t15-,16-,17+,18+,20-,24+/m1/s1. The Morgan fingerprint density at radius 3 is 2.59 bits per heavy atom. The van der Waals surface area contributed by atoms with Crippen LogP contribution in [0.1, 0.15) is 30.9 Å². The molecule has 1 aromatic carbocycles. The van der Waals surface area contributed by atoms with Gasteiger partial charge in [0.1, 0.15) is 11.6 Å². The molecule has 0 aliphatic carbocycles. The van der Waals surface area contributed by atoms with E-state index in [1.54, 1.807) is 17.9 Å². The molecule has 3 heterocycles. The van der Waals surface area contributed by atoms with Crippen LogP contribution in [0.5, 0.6) is 0 Å². The maximum atomic E-state index is 14.2. The van der Waals surface area contributed by atoms with Crippen molar-refractivity contribution >= 4 is 23.5 Å². The van der Waals surface area contributed by atoms with Crippen LogP contribution in [0.2, 0.25) is 0 Å². The number of aliphatic hydroxyl groups excluding tert-OH is 1. The summed E-state index contributed by atoms with van der Waals surface area (Å²) in [7, 11) is 0. The normalized spacial score (nSPS) is 31.5. The number of carbonyl (C=O) groups excluding carboxylic acids is 2. The molecule has 0 aromatic heterocycles. The molecule has 2 bridgehead atoms. The maximum Gasteiger partial charge on any atom is 0.310 e. The molecule has 4 rings (SSSR count). The molecule has 0 radical (unpaired) electrons. The number of fused-ring (bicyclic) bond motifs is 1. The van der Waals surface area contributed by atoms with Gasteiger partial charge >= 0.3 is 5.97 Å². The highest BCUT2D eigenvalue weighted by Gasteiger charge is 2.75. The number of nitrogens with zero attached hydrogens (tertiary/aromatic N) is 2. The monoisotopic (exact) mass is 442 g/mol. The second-order valence-corrected chi connectivity index (χ2v) is 9.15. The number of rotatable bonds is 7. The molecular weight excluding hydrogens is 412 g/mol. The van der Waals surface area contributed by atoms with E-state index in [1.807, 2.05) is 32.0 Å². The van der Waals surface area contributed by atoms with Gasteiger partial charge in [-0.25, -0.2) is 0 Å². The largest absolute Gasteiger partial charge is 0.481 e. The number of para-hydroxylation sites is 1.